The fourth-order valence-electron chi connectivity index (χ4n) is 3.46. The van der Waals surface area contributed by atoms with Crippen LogP contribution >= 0.6 is 0 Å². The van der Waals surface area contributed by atoms with Crippen LogP contribution in [0.15, 0.2) is 42.6 Å². The van der Waals surface area contributed by atoms with Crippen molar-refractivity contribution in [2.75, 3.05) is 0 Å². The van der Waals surface area contributed by atoms with Gasteiger partial charge in [-0.05, 0) is 49.9 Å². The minimum atomic E-state index is -0.364. The highest BCUT2D eigenvalue weighted by Crippen LogP contribution is 2.27. The van der Waals surface area contributed by atoms with Crippen molar-refractivity contribution in [2.45, 2.75) is 52.6 Å². The largest absolute Gasteiger partial charge is 0.346 e. The van der Waals surface area contributed by atoms with E-state index in [4.69, 9.17) is 4.98 Å². The molecule has 0 aliphatic carbocycles. The van der Waals surface area contributed by atoms with Gasteiger partial charge in [0, 0.05) is 12.2 Å². The zero-order chi connectivity index (χ0) is 20.3. The molecule has 3 rings (SSSR count). The van der Waals surface area contributed by atoms with E-state index in [-0.39, 0.29) is 30.2 Å². The fourth-order valence-corrected chi connectivity index (χ4v) is 3.46. The summed E-state index contributed by atoms with van der Waals surface area (Å²) in [7, 11) is 0. The molecule has 0 radical (unpaired) electrons. The van der Waals surface area contributed by atoms with E-state index in [0.717, 1.165) is 23.4 Å². The first kappa shape index (κ1) is 20.0. The molecule has 3 aromatic rings. The van der Waals surface area contributed by atoms with E-state index < -0.39 is 0 Å². The fraction of sp³-hybridized carbons (Fsp3) is 0.409. The minimum absolute atomic E-state index is 0.00141. The number of amides is 1. The topological polar surface area (TPSA) is 59.8 Å². The van der Waals surface area contributed by atoms with E-state index in [1.165, 1.54) is 6.07 Å². The molecule has 5 nitrogen and oxygen atoms in total. The Morgan fingerprint density at radius 2 is 1.89 bits per heavy atom. The maximum atomic E-state index is 13.9. The summed E-state index contributed by atoms with van der Waals surface area (Å²) in [5.74, 6) is 0.564. The van der Waals surface area contributed by atoms with Crippen LogP contribution in [0.4, 0.5) is 4.39 Å². The lowest BCUT2D eigenvalue weighted by Gasteiger charge is -2.23. The van der Waals surface area contributed by atoms with E-state index in [0.29, 0.717) is 11.5 Å². The van der Waals surface area contributed by atoms with E-state index in [9.17, 15) is 9.18 Å². The molecule has 6 heteroatoms. The number of carbonyl (C=O) groups excluding carboxylic acids is 1. The molecule has 0 fully saturated rings. The predicted molar refractivity (Wildman–Crippen MR) is 108 cm³/mol. The van der Waals surface area contributed by atoms with Crippen LogP contribution in [-0.4, -0.2) is 20.4 Å². The number of pyridine rings is 1. The molecule has 0 spiro atoms. The maximum Gasteiger partial charge on any atom is 0.225 e. The third kappa shape index (κ3) is 4.38. The molecule has 0 saturated carbocycles. The lowest BCUT2D eigenvalue weighted by Crippen LogP contribution is -2.33. The smallest absolute Gasteiger partial charge is 0.225 e. The second-order valence-corrected chi connectivity index (χ2v) is 7.80. The number of carbonyl (C=O) groups is 1. The number of hydrogen-bond acceptors (Lipinski definition) is 3. The molecule has 1 atom stereocenters. The Kier molecular flexibility index (Phi) is 6.07. The molecule has 1 aromatic carbocycles. The number of halogens is 1. The normalized spacial score (nSPS) is 12.7. The molecule has 2 aromatic heterocycles. The lowest BCUT2D eigenvalue weighted by atomic mass is 10.0. The first-order valence-electron chi connectivity index (χ1n) is 9.72. The third-order valence-corrected chi connectivity index (χ3v) is 4.66. The van der Waals surface area contributed by atoms with E-state index >= 15 is 0 Å². The van der Waals surface area contributed by atoms with Crippen LogP contribution in [-0.2, 0) is 11.2 Å². The Morgan fingerprint density at radius 1 is 1.14 bits per heavy atom. The minimum Gasteiger partial charge on any atom is -0.346 e. The molecule has 148 valence electrons. The van der Waals surface area contributed by atoms with Gasteiger partial charge in [-0.15, -0.1) is 0 Å². The standard InChI is InChI=1S/C22H27FN4O/c1-14(2)12-19(25-20(28)13-16-8-5-6-9-17(16)23)22-26-18-10-7-11-24-21(18)27(22)15(3)4/h5-11,14-15,19H,12-13H2,1-4H3,(H,25,28). The molecule has 0 saturated heterocycles. The molecular formula is C22H27FN4O. The quantitative estimate of drug-likeness (QED) is 0.650. The average Bonchev–Trinajstić information content (AvgIpc) is 3.02. The van der Waals surface area contributed by atoms with Gasteiger partial charge in [-0.1, -0.05) is 32.0 Å². The number of fused-ring (bicyclic) bond motifs is 1. The van der Waals surface area contributed by atoms with Gasteiger partial charge in [0.25, 0.3) is 0 Å². The zero-order valence-corrected chi connectivity index (χ0v) is 16.8. The zero-order valence-electron chi connectivity index (χ0n) is 16.8. The molecule has 1 N–H and O–H groups in total. The number of aromatic nitrogens is 3. The van der Waals surface area contributed by atoms with Crippen molar-refractivity contribution in [3.8, 4) is 0 Å². The summed E-state index contributed by atoms with van der Waals surface area (Å²) in [5.41, 5.74) is 2.01. The highest BCUT2D eigenvalue weighted by Gasteiger charge is 2.25. The van der Waals surface area contributed by atoms with Crippen LogP contribution in [0.5, 0.6) is 0 Å². The van der Waals surface area contributed by atoms with Crippen LogP contribution in [0, 0.1) is 11.7 Å². The Labute approximate surface area is 165 Å². The van der Waals surface area contributed by atoms with Gasteiger partial charge in [-0.3, -0.25) is 4.79 Å². The van der Waals surface area contributed by atoms with Crippen molar-refractivity contribution in [2.24, 2.45) is 5.92 Å². The summed E-state index contributed by atoms with van der Waals surface area (Å²) in [4.78, 5) is 22.0. The van der Waals surface area contributed by atoms with Crippen molar-refractivity contribution < 1.29 is 9.18 Å². The van der Waals surface area contributed by atoms with E-state index in [1.54, 1.807) is 24.4 Å². The number of rotatable bonds is 7. The van der Waals surface area contributed by atoms with Crippen LogP contribution in [0.2, 0.25) is 0 Å². The number of nitrogens with zero attached hydrogens (tertiary/aromatic N) is 3. The van der Waals surface area contributed by atoms with Gasteiger partial charge in [0.2, 0.25) is 5.91 Å². The number of nitrogens with one attached hydrogen (secondary N) is 1. The third-order valence-electron chi connectivity index (χ3n) is 4.66. The molecule has 0 aliphatic heterocycles. The first-order chi connectivity index (χ1) is 13.4. The second-order valence-electron chi connectivity index (χ2n) is 7.80. The van der Waals surface area contributed by atoms with Crippen LogP contribution < -0.4 is 5.32 Å². The molecule has 1 unspecified atom stereocenters. The Bertz CT molecular complexity index is 964. The lowest BCUT2D eigenvalue weighted by molar-refractivity contribution is -0.121. The van der Waals surface area contributed by atoms with E-state index in [2.05, 4.69) is 42.6 Å². The van der Waals surface area contributed by atoms with Gasteiger partial charge in [0.15, 0.2) is 5.65 Å². The van der Waals surface area contributed by atoms with Crippen molar-refractivity contribution in [1.29, 1.82) is 0 Å². The van der Waals surface area contributed by atoms with Crippen LogP contribution in [0.25, 0.3) is 11.2 Å². The Morgan fingerprint density at radius 3 is 2.57 bits per heavy atom. The summed E-state index contributed by atoms with van der Waals surface area (Å²) in [5, 5.41) is 3.08. The highest BCUT2D eigenvalue weighted by atomic mass is 19.1. The van der Waals surface area contributed by atoms with Gasteiger partial charge in [0.05, 0.1) is 12.5 Å². The summed E-state index contributed by atoms with van der Waals surface area (Å²) >= 11 is 0. The summed E-state index contributed by atoms with van der Waals surface area (Å²) in [6.45, 7) is 8.37. The summed E-state index contributed by atoms with van der Waals surface area (Å²) in [6, 6.07) is 10.0. The predicted octanol–water partition coefficient (Wildman–Crippen LogP) is 4.60. The van der Waals surface area contributed by atoms with Crippen LogP contribution in [0.3, 0.4) is 0 Å². The Hall–Kier alpha value is -2.76. The SMILES string of the molecule is CC(C)CC(NC(=O)Cc1ccccc1F)c1nc2cccnc2n1C(C)C. The Balaban J connectivity index is 1.92. The molecule has 1 amide bonds. The highest BCUT2D eigenvalue weighted by molar-refractivity contribution is 5.79. The first-order valence-corrected chi connectivity index (χ1v) is 9.72. The van der Waals surface area contributed by atoms with Crippen molar-refractivity contribution in [3.63, 3.8) is 0 Å². The number of benzene rings is 1. The maximum absolute atomic E-state index is 13.9. The molecule has 0 aliphatic rings. The molecular weight excluding hydrogens is 355 g/mol. The van der Waals surface area contributed by atoms with E-state index in [1.807, 2.05) is 12.1 Å². The molecule has 28 heavy (non-hydrogen) atoms. The molecule has 0 bridgehead atoms. The van der Waals surface area contributed by atoms with Gasteiger partial charge >= 0.3 is 0 Å². The van der Waals surface area contributed by atoms with Gasteiger partial charge < -0.3 is 9.88 Å². The van der Waals surface area contributed by atoms with Gasteiger partial charge in [-0.2, -0.15) is 0 Å². The summed E-state index contributed by atoms with van der Waals surface area (Å²) in [6.07, 6.45) is 2.49. The monoisotopic (exact) mass is 382 g/mol. The van der Waals surface area contributed by atoms with Crippen molar-refractivity contribution >= 4 is 17.1 Å². The van der Waals surface area contributed by atoms with Gasteiger partial charge in [-0.25, -0.2) is 14.4 Å². The van der Waals surface area contributed by atoms with Crippen molar-refractivity contribution in [1.82, 2.24) is 19.9 Å². The second kappa shape index (κ2) is 8.50. The van der Waals surface area contributed by atoms with Gasteiger partial charge in [0.1, 0.15) is 17.2 Å². The summed E-state index contributed by atoms with van der Waals surface area (Å²) < 4.78 is 16.0. The van der Waals surface area contributed by atoms with Crippen molar-refractivity contribution in [3.05, 3.63) is 59.8 Å². The van der Waals surface area contributed by atoms with Crippen LogP contribution in [0.1, 0.15) is 57.6 Å². The molecule has 2 heterocycles. The number of imidazole rings is 1. The number of hydrogen-bond donors (Lipinski definition) is 1. The average molecular weight is 382 g/mol.